The molecule has 20 heavy (non-hydrogen) atoms. The van der Waals surface area contributed by atoms with Gasteiger partial charge in [-0.1, -0.05) is 41.5 Å². The van der Waals surface area contributed by atoms with Crippen LogP contribution in [0.4, 0.5) is 4.39 Å². The fourth-order valence-corrected chi connectivity index (χ4v) is 2.61. The number of nitrogens with two attached hydrogens (primary N) is 1. The minimum Gasteiger partial charge on any atom is -0.271 e. The normalized spacial score (nSPS) is 12.4. The first-order chi connectivity index (χ1) is 9.56. The van der Waals surface area contributed by atoms with Crippen molar-refractivity contribution in [2.45, 2.75) is 32.7 Å². The minimum absolute atomic E-state index is 0.0954. The van der Waals surface area contributed by atoms with Gasteiger partial charge in [0.1, 0.15) is 5.82 Å². The van der Waals surface area contributed by atoms with Gasteiger partial charge in [-0.15, -0.1) is 0 Å². The molecule has 0 bridgehead atoms. The Morgan fingerprint density at radius 3 is 2.25 bits per heavy atom. The molecule has 0 saturated carbocycles. The SMILES string of the molecule is Cc1cc(C)cc(CC(Cc2cccc(F)c2)NN)c1. The van der Waals surface area contributed by atoms with Crippen LogP contribution in [-0.4, -0.2) is 6.04 Å². The molecule has 0 aliphatic carbocycles. The van der Waals surface area contributed by atoms with E-state index in [1.54, 1.807) is 12.1 Å². The van der Waals surface area contributed by atoms with Crippen molar-refractivity contribution in [3.63, 3.8) is 0 Å². The first kappa shape index (κ1) is 14.7. The maximum absolute atomic E-state index is 13.2. The molecule has 3 heteroatoms. The van der Waals surface area contributed by atoms with Crippen LogP contribution in [0, 0.1) is 19.7 Å². The van der Waals surface area contributed by atoms with Crippen molar-refractivity contribution in [3.05, 3.63) is 70.5 Å². The summed E-state index contributed by atoms with van der Waals surface area (Å²) in [6, 6.07) is 13.3. The highest BCUT2D eigenvalue weighted by Gasteiger charge is 2.10. The van der Waals surface area contributed by atoms with E-state index in [0.717, 1.165) is 12.0 Å². The summed E-state index contributed by atoms with van der Waals surface area (Å²) in [6.07, 6.45) is 1.54. The molecular formula is C17H21FN2. The molecule has 2 aromatic rings. The molecule has 0 amide bonds. The topological polar surface area (TPSA) is 38.0 Å². The number of aryl methyl sites for hydroxylation is 2. The first-order valence-corrected chi connectivity index (χ1v) is 6.84. The Labute approximate surface area is 119 Å². The highest BCUT2D eigenvalue weighted by molar-refractivity contribution is 5.29. The quantitative estimate of drug-likeness (QED) is 0.648. The molecule has 0 aromatic heterocycles. The first-order valence-electron chi connectivity index (χ1n) is 6.84. The summed E-state index contributed by atoms with van der Waals surface area (Å²) in [6.45, 7) is 4.18. The van der Waals surface area contributed by atoms with E-state index in [2.05, 4.69) is 37.5 Å². The lowest BCUT2D eigenvalue weighted by Crippen LogP contribution is -2.38. The maximum atomic E-state index is 13.2. The van der Waals surface area contributed by atoms with Crippen LogP contribution >= 0.6 is 0 Å². The highest BCUT2D eigenvalue weighted by atomic mass is 19.1. The Balaban J connectivity index is 2.09. The average molecular weight is 272 g/mol. The largest absolute Gasteiger partial charge is 0.271 e. The minimum atomic E-state index is -0.204. The Hall–Kier alpha value is -1.71. The number of nitrogens with one attached hydrogen (secondary N) is 1. The van der Waals surface area contributed by atoms with E-state index in [1.807, 2.05) is 6.07 Å². The van der Waals surface area contributed by atoms with E-state index in [-0.39, 0.29) is 11.9 Å². The van der Waals surface area contributed by atoms with Crippen molar-refractivity contribution in [1.29, 1.82) is 0 Å². The Morgan fingerprint density at radius 1 is 1.00 bits per heavy atom. The van der Waals surface area contributed by atoms with Crippen molar-refractivity contribution in [3.8, 4) is 0 Å². The molecule has 2 aromatic carbocycles. The van der Waals surface area contributed by atoms with E-state index in [1.165, 1.54) is 22.8 Å². The van der Waals surface area contributed by atoms with Crippen LogP contribution in [-0.2, 0) is 12.8 Å². The van der Waals surface area contributed by atoms with Gasteiger partial charge >= 0.3 is 0 Å². The van der Waals surface area contributed by atoms with Gasteiger partial charge in [-0.05, 0) is 49.9 Å². The third-order valence-corrected chi connectivity index (χ3v) is 3.37. The molecule has 1 unspecified atom stereocenters. The number of hydrogen-bond acceptors (Lipinski definition) is 2. The number of halogens is 1. The summed E-state index contributed by atoms with van der Waals surface area (Å²) >= 11 is 0. The van der Waals surface area contributed by atoms with E-state index in [4.69, 9.17) is 5.84 Å². The van der Waals surface area contributed by atoms with Crippen LogP contribution in [0.2, 0.25) is 0 Å². The lowest BCUT2D eigenvalue weighted by Gasteiger charge is -2.17. The predicted octanol–water partition coefficient (Wildman–Crippen LogP) is 3.06. The monoisotopic (exact) mass is 272 g/mol. The van der Waals surface area contributed by atoms with Crippen LogP contribution < -0.4 is 11.3 Å². The third-order valence-electron chi connectivity index (χ3n) is 3.37. The van der Waals surface area contributed by atoms with E-state index in [9.17, 15) is 4.39 Å². The molecule has 1 atom stereocenters. The average Bonchev–Trinajstić information content (AvgIpc) is 2.36. The zero-order chi connectivity index (χ0) is 14.5. The van der Waals surface area contributed by atoms with Crippen molar-refractivity contribution in [1.82, 2.24) is 5.43 Å². The Morgan fingerprint density at radius 2 is 1.65 bits per heavy atom. The second-order valence-corrected chi connectivity index (χ2v) is 5.40. The van der Waals surface area contributed by atoms with Gasteiger partial charge in [-0.25, -0.2) is 4.39 Å². The summed E-state index contributed by atoms with van der Waals surface area (Å²) < 4.78 is 13.2. The van der Waals surface area contributed by atoms with Crippen LogP contribution in [0.15, 0.2) is 42.5 Å². The maximum Gasteiger partial charge on any atom is 0.123 e. The summed E-state index contributed by atoms with van der Waals surface area (Å²) in [5.74, 6) is 5.43. The standard InChI is InChI=1S/C17H21FN2/c1-12-6-13(2)8-15(7-12)11-17(20-19)10-14-4-3-5-16(18)9-14/h3-9,17,20H,10-11,19H2,1-2H3. The zero-order valence-corrected chi connectivity index (χ0v) is 12.0. The van der Waals surface area contributed by atoms with Crippen LogP contribution in [0.3, 0.4) is 0 Å². The molecule has 0 aliphatic rings. The molecular weight excluding hydrogens is 251 g/mol. The van der Waals surface area contributed by atoms with Crippen LogP contribution in [0.1, 0.15) is 22.3 Å². The summed E-state index contributed by atoms with van der Waals surface area (Å²) in [5, 5.41) is 0. The highest BCUT2D eigenvalue weighted by Crippen LogP contribution is 2.13. The number of benzene rings is 2. The van der Waals surface area contributed by atoms with Crippen LogP contribution in [0.25, 0.3) is 0 Å². The predicted molar refractivity (Wildman–Crippen MR) is 80.8 cm³/mol. The molecule has 0 heterocycles. The smallest absolute Gasteiger partial charge is 0.123 e. The summed E-state index contributed by atoms with van der Waals surface area (Å²) in [5.41, 5.74) is 7.55. The second kappa shape index (κ2) is 6.64. The lowest BCUT2D eigenvalue weighted by molar-refractivity contribution is 0.520. The van der Waals surface area contributed by atoms with Gasteiger partial charge in [-0.3, -0.25) is 11.3 Å². The van der Waals surface area contributed by atoms with Crippen molar-refractivity contribution < 1.29 is 4.39 Å². The Kier molecular flexibility index (Phi) is 4.88. The molecule has 2 nitrogen and oxygen atoms in total. The fourth-order valence-electron chi connectivity index (χ4n) is 2.61. The van der Waals surface area contributed by atoms with Crippen molar-refractivity contribution in [2.75, 3.05) is 0 Å². The van der Waals surface area contributed by atoms with E-state index >= 15 is 0 Å². The summed E-state index contributed by atoms with van der Waals surface area (Å²) in [4.78, 5) is 0. The van der Waals surface area contributed by atoms with Gasteiger partial charge in [0.25, 0.3) is 0 Å². The molecule has 0 spiro atoms. The molecule has 3 N–H and O–H groups in total. The number of rotatable bonds is 5. The molecule has 2 rings (SSSR count). The number of hydrazine groups is 1. The summed E-state index contributed by atoms with van der Waals surface area (Å²) in [7, 11) is 0. The van der Waals surface area contributed by atoms with E-state index < -0.39 is 0 Å². The molecule has 0 fully saturated rings. The third kappa shape index (κ3) is 4.15. The fraction of sp³-hybridized carbons (Fsp3) is 0.294. The molecule has 0 radical (unpaired) electrons. The molecule has 0 saturated heterocycles. The van der Waals surface area contributed by atoms with Gasteiger partial charge in [0.05, 0.1) is 0 Å². The van der Waals surface area contributed by atoms with Gasteiger partial charge in [-0.2, -0.15) is 0 Å². The van der Waals surface area contributed by atoms with Crippen LogP contribution in [0.5, 0.6) is 0 Å². The van der Waals surface area contributed by atoms with Crippen molar-refractivity contribution >= 4 is 0 Å². The van der Waals surface area contributed by atoms with Gasteiger partial charge in [0.2, 0.25) is 0 Å². The zero-order valence-electron chi connectivity index (χ0n) is 12.0. The lowest BCUT2D eigenvalue weighted by atomic mass is 9.97. The Bertz CT molecular complexity index is 561. The van der Waals surface area contributed by atoms with E-state index in [0.29, 0.717) is 6.42 Å². The van der Waals surface area contributed by atoms with Gasteiger partial charge in [0.15, 0.2) is 0 Å². The molecule has 0 aliphatic heterocycles. The number of hydrogen-bond donors (Lipinski definition) is 2. The van der Waals surface area contributed by atoms with Gasteiger partial charge < -0.3 is 0 Å². The van der Waals surface area contributed by atoms with Crippen molar-refractivity contribution in [2.24, 2.45) is 5.84 Å². The molecule has 106 valence electrons. The van der Waals surface area contributed by atoms with Gasteiger partial charge in [0, 0.05) is 6.04 Å². The second-order valence-electron chi connectivity index (χ2n) is 5.40.